The van der Waals surface area contributed by atoms with Gasteiger partial charge in [0.15, 0.2) is 5.69 Å². The summed E-state index contributed by atoms with van der Waals surface area (Å²) in [5.41, 5.74) is -0.200. The van der Waals surface area contributed by atoms with Crippen LogP contribution in [0.5, 0.6) is 0 Å². The van der Waals surface area contributed by atoms with Gasteiger partial charge in [0.25, 0.3) is 5.69 Å². The molecule has 1 fully saturated rings. The van der Waals surface area contributed by atoms with Crippen molar-refractivity contribution in [2.24, 2.45) is 0 Å². The second-order valence-electron chi connectivity index (χ2n) is 4.74. The summed E-state index contributed by atoms with van der Waals surface area (Å²) >= 11 is 0. The number of carboxylic acid groups (broad SMARTS) is 1. The number of aromatic carboxylic acids is 1. The average Bonchev–Trinajstić information content (AvgIpc) is 3.15. The first-order valence-corrected chi connectivity index (χ1v) is 6.11. The maximum absolute atomic E-state index is 13.5. The van der Waals surface area contributed by atoms with E-state index >= 15 is 0 Å². The molecule has 0 radical (unpaired) electrons. The number of nitrogens with zero attached hydrogens (tertiary/aromatic N) is 4. The predicted octanol–water partition coefficient (Wildman–Crippen LogP) is 1.89. The largest absolute Gasteiger partial charge is 0.476 e. The van der Waals surface area contributed by atoms with Crippen molar-refractivity contribution in [2.45, 2.75) is 18.8 Å². The topological polar surface area (TPSA) is 111 Å². The monoisotopic (exact) mass is 292 g/mol. The number of benzene rings is 1. The van der Waals surface area contributed by atoms with Gasteiger partial charge in [0, 0.05) is 18.1 Å². The molecule has 1 aromatic carbocycles. The molecule has 1 heterocycles. The van der Waals surface area contributed by atoms with Crippen LogP contribution in [0.25, 0.3) is 5.69 Å². The first-order chi connectivity index (χ1) is 9.97. The van der Waals surface area contributed by atoms with Crippen LogP contribution in [0.3, 0.4) is 0 Å². The molecule has 8 nitrogen and oxygen atoms in total. The number of halogens is 1. The molecule has 108 valence electrons. The van der Waals surface area contributed by atoms with E-state index in [0.717, 1.165) is 35.7 Å². The fourth-order valence-electron chi connectivity index (χ4n) is 2.14. The Morgan fingerprint density at radius 2 is 2.14 bits per heavy atom. The molecule has 0 bridgehead atoms. The van der Waals surface area contributed by atoms with Crippen LogP contribution in [0.4, 0.5) is 10.1 Å². The zero-order valence-corrected chi connectivity index (χ0v) is 10.6. The normalized spacial score (nSPS) is 14.1. The van der Waals surface area contributed by atoms with Gasteiger partial charge in [0.2, 0.25) is 0 Å². The predicted molar refractivity (Wildman–Crippen MR) is 66.9 cm³/mol. The summed E-state index contributed by atoms with van der Waals surface area (Å²) in [6, 6.07) is 2.98. The molecule has 0 saturated heterocycles. The van der Waals surface area contributed by atoms with Crippen molar-refractivity contribution < 1.29 is 19.2 Å². The van der Waals surface area contributed by atoms with E-state index in [1.165, 1.54) is 0 Å². The summed E-state index contributed by atoms with van der Waals surface area (Å²) in [5.74, 6) is -2.05. The Balaban J connectivity index is 2.17. The highest BCUT2D eigenvalue weighted by atomic mass is 19.1. The van der Waals surface area contributed by atoms with Crippen molar-refractivity contribution in [3.8, 4) is 5.69 Å². The van der Waals surface area contributed by atoms with Crippen molar-refractivity contribution in [3.05, 3.63) is 45.5 Å². The van der Waals surface area contributed by atoms with Crippen molar-refractivity contribution >= 4 is 11.7 Å². The quantitative estimate of drug-likeness (QED) is 0.680. The third-order valence-corrected chi connectivity index (χ3v) is 3.19. The third kappa shape index (κ3) is 2.33. The Morgan fingerprint density at radius 3 is 2.71 bits per heavy atom. The number of nitro groups is 1. The standard InChI is InChI=1S/C12H9FN4O4/c13-7-3-8(5-9(4-7)17(20)21)16-11(6-1-2-6)10(12(18)19)14-15-16/h3-6H,1-2H2,(H,18,19). The molecule has 0 amide bonds. The minimum absolute atomic E-state index is 0.0200. The molecule has 1 saturated carbocycles. The minimum atomic E-state index is -1.23. The lowest BCUT2D eigenvalue weighted by molar-refractivity contribution is -0.385. The van der Waals surface area contributed by atoms with E-state index in [1.54, 1.807) is 0 Å². The van der Waals surface area contributed by atoms with Gasteiger partial charge < -0.3 is 5.11 Å². The first-order valence-electron chi connectivity index (χ1n) is 6.11. The van der Waals surface area contributed by atoms with Gasteiger partial charge in [-0.25, -0.2) is 13.9 Å². The lowest BCUT2D eigenvalue weighted by atomic mass is 10.2. The van der Waals surface area contributed by atoms with Crippen LogP contribution in [0.2, 0.25) is 0 Å². The molecule has 2 aromatic rings. The summed E-state index contributed by atoms with van der Waals surface area (Å²) in [6.07, 6.45) is 1.57. The summed E-state index contributed by atoms with van der Waals surface area (Å²) in [7, 11) is 0. The Kier molecular flexibility index (Phi) is 2.89. The van der Waals surface area contributed by atoms with E-state index < -0.39 is 22.4 Å². The van der Waals surface area contributed by atoms with Crippen molar-refractivity contribution in [1.82, 2.24) is 15.0 Å². The lowest BCUT2D eigenvalue weighted by Crippen LogP contribution is -2.06. The highest BCUT2D eigenvalue weighted by Gasteiger charge is 2.34. The van der Waals surface area contributed by atoms with Gasteiger partial charge in [0.1, 0.15) is 5.82 Å². The molecule has 1 N–H and O–H groups in total. The molecular formula is C12H9FN4O4. The molecule has 21 heavy (non-hydrogen) atoms. The van der Waals surface area contributed by atoms with E-state index in [1.807, 2.05) is 0 Å². The summed E-state index contributed by atoms with van der Waals surface area (Å²) in [4.78, 5) is 21.2. The molecule has 0 aliphatic heterocycles. The van der Waals surface area contributed by atoms with Crippen LogP contribution in [0, 0.1) is 15.9 Å². The number of aromatic nitrogens is 3. The van der Waals surface area contributed by atoms with Crippen molar-refractivity contribution in [3.63, 3.8) is 0 Å². The summed E-state index contributed by atoms with van der Waals surface area (Å²) < 4.78 is 14.7. The second-order valence-corrected chi connectivity index (χ2v) is 4.74. The highest BCUT2D eigenvalue weighted by Crippen LogP contribution is 2.42. The molecule has 1 aliphatic rings. The van der Waals surface area contributed by atoms with Gasteiger partial charge >= 0.3 is 5.97 Å². The number of hydrogen-bond donors (Lipinski definition) is 1. The SMILES string of the molecule is O=C(O)c1nnn(-c2cc(F)cc([N+](=O)[O-])c2)c1C1CC1. The van der Waals surface area contributed by atoms with E-state index in [-0.39, 0.29) is 17.3 Å². The Bertz CT molecular complexity index is 754. The van der Waals surface area contributed by atoms with Gasteiger partial charge in [-0.1, -0.05) is 5.21 Å². The highest BCUT2D eigenvalue weighted by molar-refractivity contribution is 5.87. The molecule has 0 unspecified atom stereocenters. The van der Waals surface area contributed by atoms with Crippen LogP contribution in [0.1, 0.15) is 34.9 Å². The number of rotatable bonds is 4. The van der Waals surface area contributed by atoms with Crippen LogP contribution < -0.4 is 0 Å². The zero-order chi connectivity index (χ0) is 15.1. The average molecular weight is 292 g/mol. The Labute approximate surface area is 117 Å². The van der Waals surface area contributed by atoms with Crippen LogP contribution in [-0.4, -0.2) is 31.0 Å². The lowest BCUT2D eigenvalue weighted by Gasteiger charge is -2.06. The number of nitro benzene ring substituents is 1. The molecule has 0 atom stereocenters. The van der Waals surface area contributed by atoms with E-state index in [2.05, 4.69) is 10.3 Å². The van der Waals surface area contributed by atoms with Gasteiger partial charge in [-0.15, -0.1) is 5.10 Å². The number of hydrogen-bond acceptors (Lipinski definition) is 5. The van der Waals surface area contributed by atoms with Gasteiger partial charge in [-0.05, 0) is 12.8 Å². The van der Waals surface area contributed by atoms with E-state index in [4.69, 9.17) is 5.11 Å². The molecule has 1 aliphatic carbocycles. The number of non-ortho nitro benzene ring substituents is 1. The maximum atomic E-state index is 13.5. The smallest absolute Gasteiger partial charge is 0.358 e. The van der Waals surface area contributed by atoms with Crippen LogP contribution in [-0.2, 0) is 0 Å². The first kappa shape index (κ1) is 13.2. The van der Waals surface area contributed by atoms with Crippen LogP contribution >= 0.6 is 0 Å². The second kappa shape index (κ2) is 4.62. The number of carboxylic acids is 1. The molecule has 1 aromatic heterocycles. The van der Waals surface area contributed by atoms with Crippen molar-refractivity contribution in [2.75, 3.05) is 0 Å². The Hall–Kier alpha value is -2.84. The fraction of sp³-hybridized carbons (Fsp3) is 0.250. The van der Waals surface area contributed by atoms with Crippen molar-refractivity contribution in [1.29, 1.82) is 0 Å². The van der Waals surface area contributed by atoms with Gasteiger partial charge in [-0.3, -0.25) is 10.1 Å². The summed E-state index contributed by atoms with van der Waals surface area (Å²) in [6.45, 7) is 0. The minimum Gasteiger partial charge on any atom is -0.476 e. The van der Waals surface area contributed by atoms with Gasteiger partial charge in [-0.2, -0.15) is 0 Å². The summed E-state index contributed by atoms with van der Waals surface area (Å²) in [5, 5.41) is 27.2. The maximum Gasteiger partial charge on any atom is 0.358 e. The van der Waals surface area contributed by atoms with E-state index in [9.17, 15) is 19.3 Å². The third-order valence-electron chi connectivity index (χ3n) is 3.19. The molecule has 0 spiro atoms. The Morgan fingerprint density at radius 1 is 1.43 bits per heavy atom. The molecular weight excluding hydrogens is 283 g/mol. The van der Waals surface area contributed by atoms with Crippen LogP contribution in [0.15, 0.2) is 18.2 Å². The number of carbonyl (C=O) groups is 1. The van der Waals surface area contributed by atoms with E-state index in [0.29, 0.717) is 5.69 Å². The van der Waals surface area contributed by atoms with Gasteiger partial charge in [0.05, 0.1) is 22.4 Å². The molecule has 9 heteroatoms. The fourth-order valence-corrected chi connectivity index (χ4v) is 2.14. The molecule has 3 rings (SSSR count). The zero-order valence-electron chi connectivity index (χ0n) is 10.6.